The number of aromatic nitrogens is 1. The van der Waals surface area contributed by atoms with E-state index in [0.717, 1.165) is 10.9 Å². The van der Waals surface area contributed by atoms with E-state index in [1.54, 1.807) is 36.4 Å². The first-order valence-corrected chi connectivity index (χ1v) is 10.2. The largest absolute Gasteiger partial charge is 0.491 e. The predicted octanol–water partition coefficient (Wildman–Crippen LogP) is 4.04. The number of ketones is 1. The Kier molecular flexibility index (Phi) is 7.09. The lowest BCUT2D eigenvalue weighted by molar-refractivity contribution is 0.0705. The van der Waals surface area contributed by atoms with Gasteiger partial charge in [-0.05, 0) is 48.5 Å². The van der Waals surface area contributed by atoms with Gasteiger partial charge < -0.3 is 24.9 Å². The van der Waals surface area contributed by atoms with Crippen molar-refractivity contribution in [3.63, 3.8) is 0 Å². The summed E-state index contributed by atoms with van der Waals surface area (Å²) in [4.78, 5) is 28.3. The van der Waals surface area contributed by atoms with E-state index in [4.69, 9.17) is 14.6 Å². The molecular weight excluding hydrogens is 396 g/mol. The van der Waals surface area contributed by atoms with E-state index >= 15 is 0 Å². The molecule has 31 heavy (non-hydrogen) atoms. The van der Waals surface area contributed by atoms with Crippen LogP contribution in [0.4, 0.5) is 5.69 Å². The topological polar surface area (TPSA) is 101 Å². The maximum absolute atomic E-state index is 12.6. The molecule has 2 aromatic carbocycles. The van der Waals surface area contributed by atoms with Gasteiger partial charge in [0.2, 0.25) is 0 Å². The van der Waals surface area contributed by atoms with Gasteiger partial charge in [0, 0.05) is 27.6 Å². The van der Waals surface area contributed by atoms with Gasteiger partial charge in [0.15, 0.2) is 5.78 Å². The molecule has 0 aliphatic carbocycles. The van der Waals surface area contributed by atoms with E-state index in [2.05, 4.69) is 10.3 Å². The molecule has 164 valence electrons. The highest BCUT2D eigenvalue weighted by molar-refractivity contribution is 6.07. The SMILES string of the molecule is CC(C)(C)C(=O)c1ccc2[nH]c(C(=O)Nc3ccc(OCCOCCO)cc3)cc2c1. The number of carbonyl (C=O) groups excluding carboxylic acids is 2. The van der Waals surface area contributed by atoms with Crippen LogP contribution >= 0.6 is 0 Å². The molecule has 0 aliphatic heterocycles. The van der Waals surface area contributed by atoms with E-state index in [0.29, 0.717) is 35.9 Å². The summed E-state index contributed by atoms with van der Waals surface area (Å²) < 4.78 is 10.7. The van der Waals surface area contributed by atoms with Crippen LogP contribution in [-0.4, -0.2) is 48.2 Å². The minimum Gasteiger partial charge on any atom is -0.491 e. The molecule has 3 N–H and O–H groups in total. The van der Waals surface area contributed by atoms with Crippen molar-refractivity contribution in [3.05, 3.63) is 59.8 Å². The maximum Gasteiger partial charge on any atom is 0.272 e. The number of ether oxygens (including phenoxy) is 2. The number of aliphatic hydroxyl groups is 1. The first-order chi connectivity index (χ1) is 14.8. The minimum absolute atomic E-state index is 0.0129. The number of carbonyl (C=O) groups is 2. The number of anilines is 1. The van der Waals surface area contributed by atoms with Crippen molar-refractivity contribution in [3.8, 4) is 5.75 Å². The minimum atomic E-state index is -0.466. The van der Waals surface area contributed by atoms with Crippen molar-refractivity contribution in [1.29, 1.82) is 0 Å². The fourth-order valence-electron chi connectivity index (χ4n) is 3.05. The van der Waals surface area contributed by atoms with Crippen LogP contribution in [0.3, 0.4) is 0 Å². The molecule has 7 heteroatoms. The molecule has 1 heterocycles. The molecule has 0 saturated carbocycles. The average Bonchev–Trinajstić information content (AvgIpc) is 3.17. The van der Waals surface area contributed by atoms with Crippen molar-refractivity contribution >= 4 is 28.3 Å². The zero-order chi connectivity index (χ0) is 22.4. The zero-order valence-electron chi connectivity index (χ0n) is 18.0. The van der Waals surface area contributed by atoms with Crippen LogP contribution < -0.4 is 10.1 Å². The summed E-state index contributed by atoms with van der Waals surface area (Å²) in [6, 6.07) is 14.2. The summed E-state index contributed by atoms with van der Waals surface area (Å²) in [5.41, 5.74) is 2.01. The van der Waals surface area contributed by atoms with Gasteiger partial charge >= 0.3 is 0 Å². The highest BCUT2D eigenvalue weighted by Gasteiger charge is 2.23. The highest BCUT2D eigenvalue weighted by atomic mass is 16.5. The van der Waals surface area contributed by atoms with Crippen LogP contribution in [0.2, 0.25) is 0 Å². The third-order valence-corrected chi connectivity index (χ3v) is 4.65. The lowest BCUT2D eigenvalue weighted by atomic mass is 9.86. The van der Waals surface area contributed by atoms with E-state index in [1.165, 1.54) is 0 Å². The number of fused-ring (bicyclic) bond motifs is 1. The van der Waals surface area contributed by atoms with Crippen molar-refractivity contribution in [2.45, 2.75) is 20.8 Å². The fourth-order valence-corrected chi connectivity index (χ4v) is 3.05. The van der Waals surface area contributed by atoms with Gasteiger partial charge in [-0.15, -0.1) is 0 Å². The smallest absolute Gasteiger partial charge is 0.272 e. The molecule has 0 radical (unpaired) electrons. The average molecular weight is 424 g/mol. The van der Waals surface area contributed by atoms with Gasteiger partial charge in [0.1, 0.15) is 18.1 Å². The van der Waals surface area contributed by atoms with E-state index in [-0.39, 0.29) is 24.9 Å². The first kappa shape index (κ1) is 22.5. The Hall–Kier alpha value is -3.16. The number of aromatic amines is 1. The molecule has 0 aliphatic rings. The molecule has 3 aromatic rings. The van der Waals surface area contributed by atoms with Crippen molar-refractivity contribution < 1.29 is 24.2 Å². The molecule has 0 fully saturated rings. The molecular formula is C24H28N2O5. The molecule has 7 nitrogen and oxygen atoms in total. The molecule has 0 atom stereocenters. The monoisotopic (exact) mass is 424 g/mol. The summed E-state index contributed by atoms with van der Waals surface area (Å²) in [5.74, 6) is 0.446. The number of benzene rings is 2. The Labute approximate surface area is 181 Å². The summed E-state index contributed by atoms with van der Waals surface area (Å²) in [7, 11) is 0. The third-order valence-electron chi connectivity index (χ3n) is 4.65. The normalized spacial score (nSPS) is 11.5. The molecule has 0 spiro atoms. The van der Waals surface area contributed by atoms with E-state index in [9.17, 15) is 9.59 Å². The molecule has 1 aromatic heterocycles. The Morgan fingerprint density at radius 2 is 1.74 bits per heavy atom. The van der Waals surface area contributed by atoms with Crippen molar-refractivity contribution in [1.82, 2.24) is 4.98 Å². The third kappa shape index (κ3) is 5.93. The van der Waals surface area contributed by atoms with Gasteiger partial charge in [0.25, 0.3) is 5.91 Å². The van der Waals surface area contributed by atoms with Crippen molar-refractivity contribution in [2.24, 2.45) is 5.41 Å². The molecule has 0 unspecified atom stereocenters. The number of hydrogen-bond acceptors (Lipinski definition) is 5. The first-order valence-electron chi connectivity index (χ1n) is 10.2. The fraction of sp³-hybridized carbons (Fsp3) is 0.333. The lowest BCUT2D eigenvalue weighted by Crippen LogP contribution is -2.19. The Bertz CT molecular complexity index is 1050. The van der Waals surface area contributed by atoms with Gasteiger partial charge in [-0.3, -0.25) is 9.59 Å². The summed E-state index contributed by atoms with van der Waals surface area (Å²) in [6.07, 6.45) is 0. The Morgan fingerprint density at radius 1 is 1.00 bits per heavy atom. The standard InChI is InChI=1S/C24H28N2O5/c1-24(2,3)22(28)16-4-9-20-17(14-16)15-21(26-20)23(29)25-18-5-7-19(8-6-18)31-13-12-30-11-10-27/h4-9,14-15,26-27H,10-13H2,1-3H3,(H,25,29). The Morgan fingerprint density at radius 3 is 2.42 bits per heavy atom. The molecule has 0 saturated heterocycles. The van der Waals surface area contributed by atoms with E-state index in [1.807, 2.05) is 32.9 Å². The quantitative estimate of drug-likeness (QED) is 0.356. The number of hydrogen-bond donors (Lipinski definition) is 3. The summed E-state index contributed by atoms with van der Waals surface area (Å²) in [5, 5.41) is 12.3. The van der Waals surface area contributed by atoms with Gasteiger partial charge in [0.05, 0.1) is 19.8 Å². The summed E-state index contributed by atoms with van der Waals surface area (Å²) in [6.45, 7) is 6.70. The van der Waals surface area contributed by atoms with Gasteiger partial charge in [-0.25, -0.2) is 0 Å². The summed E-state index contributed by atoms with van der Waals surface area (Å²) >= 11 is 0. The molecule has 3 rings (SSSR count). The number of aliphatic hydroxyl groups excluding tert-OH is 1. The lowest BCUT2D eigenvalue weighted by Gasteiger charge is -2.16. The van der Waals surface area contributed by atoms with Crippen LogP contribution in [0.5, 0.6) is 5.75 Å². The second kappa shape index (κ2) is 9.76. The number of nitrogens with one attached hydrogen (secondary N) is 2. The zero-order valence-corrected chi connectivity index (χ0v) is 18.0. The van der Waals surface area contributed by atoms with Crippen LogP contribution in [0.15, 0.2) is 48.5 Å². The number of H-pyrrole nitrogens is 1. The van der Waals surface area contributed by atoms with Crippen LogP contribution in [0.25, 0.3) is 10.9 Å². The molecule has 0 bridgehead atoms. The number of rotatable bonds is 9. The van der Waals surface area contributed by atoms with Crippen molar-refractivity contribution in [2.75, 3.05) is 31.7 Å². The highest BCUT2D eigenvalue weighted by Crippen LogP contribution is 2.25. The number of Topliss-reactive ketones (excluding diaryl/α,β-unsaturated/α-hetero) is 1. The second-order valence-electron chi connectivity index (χ2n) is 8.23. The van der Waals surface area contributed by atoms with Crippen LogP contribution in [-0.2, 0) is 4.74 Å². The predicted molar refractivity (Wildman–Crippen MR) is 120 cm³/mol. The second-order valence-corrected chi connectivity index (χ2v) is 8.23. The number of amides is 1. The van der Waals surface area contributed by atoms with Crippen LogP contribution in [0.1, 0.15) is 41.6 Å². The van der Waals surface area contributed by atoms with Gasteiger partial charge in [-0.2, -0.15) is 0 Å². The van der Waals surface area contributed by atoms with Gasteiger partial charge in [-0.1, -0.05) is 20.8 Å². The maximum atomic E-state index is 12.6. The van der Waals surface area contributed by atoms with E-state index < -0.39 is 5.41 Å². The molecule has 1 amide bonds. The van der Waals surface area contributed by atoms with Crippen LogP contribution in [0, 0.1) is 5.41 Å². The Balaban J connectivity index is 1.63.